The number of nitrogens with zero attached hydrogens (tertiary/aromatic N) is 2. The van der Waals surface area contributed by atoms with Gasteiger partial charge in [0.2, 0.25) is 5.91 Å². The maximum absolute atomic E-state index is 11.7. The van der Waals surface area contributed by atoms with Crippen LogP contribution in [0.25, 0.3) is 0 Å². The predicted molar refractivity (Wildman–Crippen MR) is 79.6 cm³/mol. The van der Waals surface area contributed by atoms with Crippen molar-refractivity contribution >= 4 is 23.0 Å². The van der Waals surface area contributed by atoms with Crippen LogP contribution < -0.4 is 10.2 Å². The Labute approximate surface area is 123 Å². The molecular weight excluding hydrogens is 274 g/mol. The van der Waals surface area contributed by atoms with E-state index in [1.54, 1.807) is 26.0 Å². The zero-order valence-electron chi connectivity index (χ0n) is 12.2. The number of ether oxygens (including phenoxy) is 1. The molecular formula is C14H19N3O4. The average Bonchev–Trinajstić information content (AvgIpc) is 2.47. The van der Waals surface area contributed by atoms with E-state index >= 15 is 0 Å². The van der Waals surface area contributed by atoms with E-state index in [-0.39, 0.29) is 17.5 Å². The highest BCUT2D eigenvalue weighted by Gasteiger charge is 2.22. The minimum Gasteiger partial charge on any atom is -0.378 e. The van der Waals surface area contributed by atoms with Gasteiger partial charge in [0, 0.05) is 30.8 Å². The van der Waals surface area contributed by atoms with Crippen LogP contribution in [0, 0.1) is 16.0 Å². The minimum absolute atomic E-state index is 0.00143. The number of anilines is 2. The number of morpholine rings is 1. The van der Waals surface area contributed by atoms with Crippen LogP contribution in [0.5, 0.6) is 0 Å². The second-order valence-corrected chi connectivity index (χ2v) is 5.20. The summed E-state index contributed by atoms with van der Waals surface area (Å²) in [5.41, 5.74) is 1.00. The highest BCUT2D eigenvalue weighted by molar-refractivity contribution is 5.93. The third kappa shape index (κ3) is 3.69. The highest BCUT2D eigenvalue weighted by atomic mass is 16.6. The molecule has 1 saturated heterocycles. The van der Waals surface area contributed by atoms with E-state index in [2.05, 4.69) is 5.32 Å². The van der Waals surface area contributed by atoms with Crippen LogP contribution in [-0.2, 0) is 9.53 Å². The molecule has 114 valence electrons. The Kier molecular flexibility index (Phi) is 4.74. The number of benzene rings is 1. The Morgan fingerprint density at radius 3 is 2.62 bits per heavy atom. The summed E-state index contributed by atoms with van der Waals surface area (Å²) in [6.45, 7) is 5.90. The van der Waals surface area contributed by atoms with Gasteiger partial charge in [-0.05, 0) is 12.1 Å². The Morgan fingerprint density at radius 2 is 2.05 bits per heavy atom. The van der Waals surface area contributed by atoms with Gasteiger partial charge in [0.1, 0.15) is 5.69 Å². The van der Waals surface area contributed by atoms with Crippen molar-refractivity contribution in [2.75, 3.05) is 36.5 Å². The van der Waals surface area contributed by atoms with Crippen LogP contribution in [0.4, 0.5) is 17.1 Å². The molecule has 0 atom stereocenters. The van der Waals surface area contributed by atoms with E-state index in [1.807, 2.05) is 4.90 Å². The lowest BCUT2D eigenvalue weighted by Crippen LogP contribution is -2.36. The predicted octanol–water partition coefficient (Wildman–Crippen LogP) is 2.03. The fraction of sp³-hybridized carbons (Fsp3) is 0.500. The number of carbonyl (C=O) groups is 1. The van der Waals surface area contributed by atoms with Gasteiger partial charge >= 0.3 is 0 Å². The third-order valence-electron chi connectivity index (χ3n) is 3.32. The smallest absolute Gasteiger partial charge is 0.294 e. The molecule has 0 aromatic heterocycles. The van der Waals surface area contributed by atoms with Crippen LogP contribution >= 0.6 is 0 Å². The lowest BCUT2D eigenvalue weighted by molar-refractivity contribution is -0.384. The van der Waals surface area contributed by atoms with E-state index in [4.69, 9.17) is 4.74 Å². The molecule has 0 radical (unpaired) electrons. The quantitative estimate of drug-likeness (QED) is 0.678. The molecule has 1 heterocycles. The second kappa shape index (κ2) is 6.53. The van der Waals surface area contributed by atoms with E-state index in [0.717, 1.165) is 0 Å². The number of hydrogen-bond acceptors (Lipinski definition) is 5. The molecule has 1 fully saturated rings. The summed E-state index contributed by atoms with van der Waals surface area (Å²) in [7, 11) is 0. The third-order valence-corrected chi connectivity index (χ3v) is 3.32. The number of rotatable bonds is 4. The second-order valence-electron chi connectivity index (χ2n) is 5.20. The molecule has 1 aromatic rings. The number of nitrogens with one attached hydrogen (secondary N) is 1. The largest absolute Gasteiger partial charge is 0.378 e. The van der Waals surface area contributed by atoms with Gasteiger partial charge in [-0.1, -0.05) is 13.8 Å². The molecule has 7 heteroatoms. The normalized spacial score (nSPS) is 15.1. The zero-order valence-corrected chi connectivity index (χ0v) is 12.2. The molecule has 0 unspecified atom stereocenters. The van der Waals surface area contributed by atoms with Crippen LogP contribution in [-0.4, -0.2) is 37.1 Å². The van der Waals surface area contributed by atoms with Crippen LogP contribution in [0.1, 0.15) is 13.8 Å². The first kappa shape index (κ1) is 15.2. The van der Waals surface area contributed by atoms with Crippen LogP contribution in [0.2, 0.25) is 0 Å². The van der Waals surface area contributed by atoms with Crippen molar-refractivity contribution in [3.8, 4) is 0 Å². The summed E-state index contributed by atoms with van der Waals surface area (Å²) >= 11 is 0. The molecule has 0 saturated carbocycles. The van der Waals surface area contributed by atoms with Crippen LogP contribution in [0.3, 0.4) is 0 Å². The van der Waals surface area contributed by atoms with Gasteiger partial charge in [0.15, 0.2) is 0 Å². The molecule has 21 heavy (non-hydrogen) atoms. The molecule has 1 amide bonds. The summed E-state index contributed by atoms with van der Waals surface area (Å²) in [6, 6.07) is 4.78. The van der Waals surface area contributed by atoms with Crippen molar-refractivity contribution < 1.29 is 14.5 Å². The van der Waals surface area contributed by atoms with E-state index in [0.29, 0.717) is 37.7 Å². The standard InChI is InChI=1S/C14H19N3O4/c1-10(2)14(18)15-11-3-4-12(13(9-11)17(19)20)16-5-7-21-8-6-16/h3-4,9-10H,5-8H2,1-2H3,(H,15,18). The molecule has 0 bridgehead atoms. The SMILES string of the molecule is CC(C)C(=O)Nc1ccc(N2CCOCC2)c([N+](=O)[O-])c1. The van der Waals surface area contributed by atoms with Gasteiger partial charge in [-0.25, -0.2) is 0 Å². The lowest BCUT2D eigenvalue weighted by Gasteiger charge is -2.28. The Morgan fingerprint density at radius 1 is 1.38 bits per heavy atom. The van der Waals surface area contributed by atoms with Crippen molar-refractivity contribution in [2.45, 2.75) is 13.8 Å². The Bertz CT molecular complexity index is 539. The first-order valence-corrected chi connectivity index (χ1v) is 6.91. The van der Waals surface area contributed by atoms with Crippen molar-refractivity contribution in [2.24, 2.45) is 5.92 Å². The number of nitro groups is 1. The van der Waals surface area contributed by atoms with Gasteiger partial charge < -0.3 is 15.0 Å². The van der Waals surface area contributed by atoms with Crippen molar-refractivity contribution in [1.29, 1.82) is 0 Å². The van der Waals surface area contributed by atoms with Crippen LogP contribution in [0.15, 0.2) is 18.2 Å². The zero-order chi connectivity index (χ0) is 15.4. The first-order valence-electron chi connectivity index (χ1n) is 6.91. The van der Waals surface area contributed by atoms with Gasteiger partial charge in [-0.3, -0.25) is 14.9 Å². The number of carbonyl (C=O) groups excluding carboxylic acids is 1. The summed E-state index contributed by atoms with van der Waals surface area (Å²) in [4.78, 5) is 24.4. The van der Waals surface area contributed by atoms with Crippen molar-refractivity contribution in [1.82, 2.24) is 0 Å². The van der Waals surface area contributed by atoms with Gasteiger partial charge in [0.25, 0.3) is 5.69 Å². The van der Waals surface area contributed by atoms with Gasteiger partial charge in [-0.15, -0.1) is 0 Å². The molecule has 0 spiro atoms. The molecule has 1 aliphatic heterocycles. The van der Waals surface area contributed by atoms with E-state index in [9.17, 15) is 14.9 Å². The van der Waals surface area contributed by atoms with E-state index in [1.165, 1.54) is 6.07 Å². The highest BCUT2D eigenvalue weighted by Crippen LogP contribution is 2.31. The molecule has 2 rings (SSSR count). The summed E-state index contributed by atoms with van der Waals surface area (Å²) in [6.07, 6.45) is 0. The fourth-order valence-electron chi connectivity index (χ4n) is 2.11. The molecule has 7 nitrogen and oxygen atoms in total. The van der Waals surface area contributed by atoms with Crippen molar-refractivity contribution in [3.63, 3.8) is 0 Å². The molecule has 1 aromatic carbocycles. The maximum Gasteiger partial charge on any atom is 0.294 e. The number of hydrogen-bond donors (Lipinski definition) is 1. The lowest BCUT2D eigenvalue weighted by atomic mass is 10.1. The fourth-order valence-corrected chi connectivity index (χ4v) is 2.11. The topological polar surface area (TPSA) is 84.7 Å². The molecule has 0 aliphatic carbocycles. The Balaban J connectivity index is 2.26. The maximum atomic E-state index is 11.7. The van der Waals surface area contributed by atoms with Gasteiger partial charge in [0.05, 0.1) is 18.1 Å². The minimum atomic E-state index is -0.421. The first-order chi connectivity index (χ1) is 9.99. The van der Waals surface area contributed by atoms with E-state index < -0.39 is 4.92 Å². The monoisotopic (exact) mass is 293 g/mol. The average molecular weight is 293 g/mol. The summed E-state index contributed by atoms with van der Waals surface area (Å²) in [5.74, 6) is -0.341. The molecule has 1 aliphatic rings. The summed E-state index contributed by atoms with van der Waals surface area (Å²) < 4.78 is 5.26. The summed E-state index contributed by atoms with van der Waals surface area (Å²) in [5, 5.41) is 14.0. The number of nitro benzene ring substituents is 1. The van der Waals surface area contributed by atoms with Crippen molar-refractivity contribution in [3.05, 3.63) is 28.3 Å². The molecule has 1 N–H and O–H groups in total. The number of amides is 1. The van der Waals surface area contributed by atoms with Gasteiger partial charge in [-0.2, -0.15) is 0 Å². The Hall–Kier alpha value is -2.15.